The lowest BCUT2D eigenvalue weighted by Gasteiger charge is -2.34. The molecule has 2 unspecified atom stereocenters. The first-order chi connectivity index (χ1) is 15.6. The molecule has 5 rings (SSSR count). The highest BCUT2D eigenvalue weighted by atomic mass is 16.5. The molecule has 0 fully saturated rings. The van der Waals surface area contributed by atoms with E-state index in [4.69, 9.17) is 14.2 Å². The molecule has 2 heterocycles. The average Bonchev–Trinajstić information content (AvgIpc) is 3.30. The van der Waals surface area contributed by atoms with Gasteiger partial charge in [-0.2, -0.15) is 4.68 Å². The molecule has 9 heteroatoms. The van der Waals surface area contributed by atoms with Gasteiger partial charge in [-0.25, -0.2) is 0 Å². The SMILES string of the molecule is COc1ccc(C2CC(=O)C3=C(C2)Nc2nnnn2C3c2ccc(OC)c(OC)c2)cc1. The number of allylic oxidation sites excluding steroid dienone is 2. The zero-order valence-corrected chi connectivity index (χ0v) is 18.0. The van der Waals surface area contributed by atoms with Gasteiger partial charge in [0.25, 0.3) is 0 Å². The fourth-order valence-electron chi connectivity index (χ4n) is 4.52. The van der Waals surface area contributed by atoms with Crippen LogP contribution < -0.4 is 19.5 Å². The molecule has 2 aromatic carbocycles. The standard InChI is InChI=1S/C23H23N5O4/c1-30-16-7-4-13(5-8-16)15-10-17-21(18(29)11-15)22(28-23(24-17)25-26-27-28)14-6-9-19(31-2)20(12-14)32-3/h4-9,12,15,22H,10-11H2,1-3H3,(H,24,25,27). The van der Waals surface area contributed by atoms with Crippen LogP contribution in [0, 0.1) is 0 Å². The summed E-state index contributed by atoms with van der Waals surface area (Å²) < 4.78 is 17.8. The lowest BCUT2D eigenvalue weighted by Crippen LogP contribution is -2.33. The van der Waals surface area contributed by atoms with Crippen LogP contribution in [-0.2, 0) is 4.79 Å². The number of aromatic nitrogens is 4. The fraction of sp³-hybridized carbons (Fsp3) is 0.304. The van der Waals surface area contributed by atoms with Crippen molar-refractivity contribution >= 4 is 11.7 Å². The summed E-state index contributed by atoms with van der Waals surface area (Å²) in [5.74, 6) is 2.63. The van der Waals surface area contributed by atoms with E-state index in [2.05, 4.69) is 20.8 Å². The van der Waals surface area contributed by atoms with Crippen LogP contribution in [0.2, 0.25) is 0 Å². The molecule has 9 nitrogen and oxygen atoms in total. The molecule has 0 bridgehead atoms. The number of rotatable bonds is 5. The minimum Gasteiger partial charge on any atom is -0.497 e. The van der Waals surface area contributed by atoms with E-state index in [1.165, 1.54) is 0 Å². The molecule has 2 aliphatic rings. The number of methoxy groups -OCH3 is 3. The molecule has 1 aliphatic carbocycles. The Morgan fingerprint density at radius 2 is 1.69 bits per heavy atom. The summed E-state index contributed by atoms with van der Waals surface area (Å²) in [6, 6.07) is 13.0. The molecule has 0 amide bonds. The second-order valence-corrected chi connectivity index (χ2v) is 7.78. The van der Waals surface area contributed by atoms with E-state index in [-0.39, 0.29) is 11.7 Å². The largest absolute Gasteiger partial charge is 0.497 e. The topological polar surface area (TPSA) is 100 Å². The number of carbonyl (C=O) groups excluding carboxylic acids is 1. The molecular formula is C23H23N5O4. The monoisotopic (exact) mass is 433 g/mol. The summed E-state index contributed by atoms with van der Waals surface area (Å²) in [6.07, 6.45) is 1.10. The highest BCUT2D eigenvalue weighted by Crippen LogP contribution is 2.45. The predicted octanol–water partition coefficient (Wildman–Crippen LogP) is 3.11. The number of Topliss-reactive ketones (excluding diaryl/α,β-unsaturated/α-hetero) is 1. The van der Waals surface area contributed by atoms with Gasteiger partial charge in [-0.15, -0.1) is 0 Å². The Labute approximate surface area is 185 Å². The quantitative estimate of drug-likeness (QED) is 0.655. The van der Waals surface area contributed by atoms with E-state index in [0.29, 0.717) is 35.9 Å². The molecule has 2 atom stereocenters. The zero-order chi connectivity index (χ0) is 22.2. The van der Waals surface area contributed by atoms with Gasteiger partial charge in [-0.05, 0) is 58.2 Å². The van der Waals surface area contributed by atoms with Crippen LogP contribution in [0.5, 0.6) is 17.2 Å². The van der Waals surface area contributed by atoms with Crippen molar-refractivity contribution in [1.29, 1.82) is 0 Å². The van der Waals surface area contributed by atoms with E-state index in [9.17, 15) is 4.79 Å². The lowest BCUT2D eigenvalue weighted by atomic mass is 9.78. The van der Waals surface area contributed by atoms with E-state index in [1.54, 1.807) is 26.0 Å². The number of benzene rings is 2. The van der Waals surface area contributed by atoms with Crippen molar-refractivity contribution in [3.63, 3.8) is 0 Å². The van der Waals surface area contributed by atoms with Crippen LogP contribution in [0.15, 0.2) is 53.7 Å². The number of nitrogens with one attached hydrogen (secondary N) is 1. The smallest absolute Gasteiger partial charge is 0.248 e. The second-order valence-electron chi connectivity index (χ2n) is 7.78. The number of carbonyl (C=O) groups is 1. The first kappa shape index (κ1) is 20.0. The van der Waals surface area contributed by atoms with Crippen LogP contribution in [0.25, 0.3) is 0 Å². The normalized spacial score (nSPS) is 19.7. The highest BCUT2D eigenvalue weighted by Gasteiger charge is 2.40. The van der Waals surface area contributed by atoms with Crippen LogP contribution in [0.1, 0.15) is 35.9 Å². The first-order valence-corrected chi connectivity index (χ1v) is 10.3. The van der Waals surface area contributed by atoms with Gasteiger partial charge < -0.3 is 19.5 Å². The summed E-state index contributed by atoms with van der Waals surface area (Å²) in [5.41, 5.74) is 3.48. The number of hydrogen-bond donors (Lipinski definition) is 1. The minimum atomic E-state index is -0.444. The van der Waals surface area contributed by atoms with Crippen molar-refractivity contribution in [2.75, 3.05) is 26.6 Å². The summed E-state index contributed by atoms with van der Waals surface area (Å²) in [5, 5.41) is 15.4. The van der Waals surface area contributed by atoms with E-state index in [0.717, 1.165) is 22.6 Å². The molecule has 0 saturated heterocycles. The van der Waals surface area contributed by atoms with Crippen molar-refractivity contribution in [3.05, 3.63) is 64.9 Å². The fourth-order valence-corrected chi connectivity index (χ4v) is 4.52. The molecule has 1 aliphatic heterocycles. The van der Waals surface area contributed by atoms with Crippen LogP contribution in [0.3, 0.4) is 0 Å². The minimum absolute atomic E-state index is 0.0631. The summed E-state index contributed by atoms with van der Waals surface area (Å²) in [6.45, 7) is 0. The number of ketones is 1. The van der Waals surface area contributed by atoms with Crippen molar-refractivity contribution in [3.8, 4) is 17.2 Å². The number of fused-ring (bicyclic) bond motifs is 1. The van der Waals surface area contributed by atoms with Crippen molar-refractivity contribution in [2.24, 2.45) is 0 Å². The highest BCUT2D eigenvalue weighted by molar-refractivity contribution is 6.00. The Morgan fingerprint density at radius 1 is 0.938 bits per heavy atom. The summed E-state index contributed by atoms with van der Waals surface area (Å²) in [7, 11) is 4.81. The van der Waals surface area contributed by atoms with Gasteiger partial charge in [0.05, 0.1) is 21.3 Å². The Morgan fingerprint density at radius 3 is 2.41 bits per heavy atom. The van der Waals surface area contributed by atoms with E-state index in [1.807, 2.05) is 42.5 Å². The maximum absolute atomic E-state index is 13.5. The van der Waals surface area contributed by atoms with Gasteiger partial charge in [-0.1, -0.05) is 23.3 Å². The molecule has 0 saturated carbocycles. The Kier molecular flexibility index (Phi) is 5.01. The van der Waals surface area contributed by atoms with Gasteiger partial charge in [0, 0.05) is 17.7 Å². The van der Waals surface area contributed by atoms with Gasteiger partial charge in [0.15, 0.2) is 17.3 Å². The number of tetrazole rings is 1. The molecule has 3 aromatic rings. The number of nitrogens with zero attached hydrogens (tertiary/aromatic N) is 4. The van der Waals surface area contributed by atoms with Crippen molar-refractivity contribution in [1.82, 2.24) is 20.2 Å². The molecule has 1 N–H and O–H groups in total. The predicted molar refractivity (Wildman–Crippen MR) is 116 cm³/mol. The Balaban J connectivity index is 1.56. The lowest BCUT2D eigenvalue weighted by molar-refractivity contribution is -0.116. The van der Waals surface area contributed by atoms with Crippen molar-refractivity contribution < 1.29 is 19.0 Å². The van der Waals surface area contributed by atoms with Crippen LogP contribution in [-0.4, -0.2) is 47.3 Å². The summed E-state index contributed by atoms with van der Waals surface area (Å²) >= 11 is 0. The molecule has 32 heavy (non-hydrogen) atoms. The van der Waals surface area contributed by atoms with Gasteiger partial charge in [0.1, 0.15) is 11.8 Å². The maximum Gasteiger partial charge on any atom is 0.248 e. The third-order valence-corrected chi connectivity index (χ3v) is 6.09. The molecule has 0 spiro atoms. The Hall–Kier alpha value is -3.88. The maximum atomic E-state index is 13.5. The third kappa shape index (κ3) is 3.26. The zero-order valence-electron chi connectivity index (χ0n) is 18.0. The van der Waals surface area contributed by atoms with Crippen LogP contribution >= 0.6 is 0 Å². The molecular weight excluding hydrogens is 410 g/mol. The molecule has 0 radical (unpaired) electrons. The second kappa shape index (κ2) is 7.99. The number of hydrogen-bond acceptors (Lipinski definition) is 8. The van der Waals surface area contributed by atoms with Crippen molar-refractivity contribution in [2.45, 2.75) is 24.8 Å². The molecule has 1 aromatic heterocycles. The third-order valence-electron chi connectivity index (χ3n) is 6.09. The van der Waals surface area contributed by atoms with E-state index >= 15 is 0 Å². The van der Waals surface area contributed by atoms with Crippen LogP contribution in [0.4, 0.5) is 5.95 Å². The van der Waals surface area contributed by atoms with Gasteiger partial charge in [-0.3, -0.25) is 4.79 Å². The van der Waals surface area contributed by atoms with E-state index < -0.39 is 6.04 Å². The first-order valence-electron chi connectivity index (χ1n) is 10.3. The van der Waals surface area contributed by atoms with Gasteiger partial charge >= 0.3 is 0 Å². The summed E-state index contributed by atoms with van der Waals surface area (Å²) in [4.78, 5) is 13.5. The van der Waals surface area contributed by atoms with Gasteiger partial charge in [0.2, 0.25) is 5.95 Å². The number of ether oxygens (including phenoxy) is 3. The number of anilines is 1. The average molecular weight is 433 g/mol. The Bertz CT molecular complexity index is 1200. The molecule has 164 valence electrons.